The van der Waals surface area contributed by atoms with Crippen LogP contribution in [-0.2, 0) is 4.79 Å². The zero-order chi connectivity index (χ0) is 19.1. The van der Waals surface area contributed by atoms with Crippen LogP contribution in [0.25, 0.3) is 0 Å². The number of hydrogen-bond donors (Lipinski definition) is 1. The number of nitrogens with zero attached hydrogens (tertiary/aromatic N) is 2. The summed E-state index contributed by atoms with van der Waals surface area (Å²) in [6.07, 6.45) is 8.43. The molecule has 1 heterocycles. The fourth-order valence-electron chi connectivity index (χ4n) is 4.22. The van der Waals surface area contributed by atoms with Crippen molar-refractivity contribution in [2.75, 3.05) is 44.6 Å². The molecular formula is C21H31F2N3O. The van der Waals surface area contributed by atoms with E-state index in [1.54, 1.807) is 0 Å². The van der Waals surface area contributed by atoms with Gasteiger partial charge in [0.25, 0.3) is 0 Å². The molecular weight excluding hydrogens is 348 g/mol. The van der Waals surface area contributed by atoms with Crippen LogP contribution in [0.5, 0.6) is 0 Å². The van der Waals surface area contributed by atoms with Crippen LogP contribution < -0.4 is 5.32 Å². The Morgan fingerprint density at radius 3 is 2.48 bits per heavy atom. The van der Waals surface area contributed by atoms with E-state index in [9.17, 15) is 13.6 Å². The van der Waals surface area contributed by atoms with Gasteiger partial charge in [0, 0.05) is 44.4 Å². The van der Waals surface area contributed by atoms with Gasteiger partial charge >= 0.3 is 0 Å². The minimum atomic E-state index is -0.946. The molecule has 3 rings (SSSR count). The van der Waals surface area contributed by atoms with Crippen LogP contribution >= 0.6 is 0 Å². The van der Waals surface area contributed by atoms with Gasteiger partial charge in [0.05, 0.1) is 0 Å². The van der Waals surface area contributed by atoms with Crippen molar-refractivity contribution < 1.29 is 13.6 Å². The normalized spacial score (nSPS) is 20.4. The van der Waals surface area contributed by atoms with Crippen molar-refractivity contribution in [1.29, 1.82) is 0 Å². The summed E-state index contributed by atoms with van der Waals surface area (Å²) in [5.41, 5.74) is 0.299. The standard InChI is InChI=1S/C21H31F2N3O/c22-19-8-7-18(15-20(19)23)24-21(27)9-12-25-10-4-11-26(14-13-25)16-17-5-2-1-3-6-17/h7-8,15,17H,1-6,9-14,16H2,(H,24,27). The Morgan fingerprint density at radius 2 is 1.70 bits per heavy atom. The van der Waals surface area contributed by atoms with Crippen LogP contribution in [0.1, 0.15) is 44.9 Å². The van der Waals surface area contributed by atoms with E-state index in [2.05, 4.69) is 15.1 Å². The highest BCUT2D eigenvalue weighted by Crippen LogP contribution is 2.24. The van der Waals surface area contributed by atoms with Gasteiger partial charge in [0.1, 0.15) is 0 Å². The SMILES string of the molecule is O=C(CCN1CCCN(CC2CCCCC2)CC1)Nc1ccc(F)c(F)c1. The third-order valence-corrected chi connectivity index (χ3v) is 5.78. The first-order valence-corrected chi connectivity index (χ1v) is 10.3. The zero-order valence-corrected chi connectivity index (χ0v) is 16.1. The first-order chi connectivity index (χ1) is 13.1. The second-order valence-corrected chi connectivity index (χ2v) is 7.93. The van der Waals surface area contributed by atoms with Crippen LogP contribution in [0.15, 0.2) is 18.2 Å². The summed E-state index contributed by atoms with van der Waals surface area (Å²) >= 11 is 0. The summed E-state index contributed by atoms with van der Waals surface area (Å²) in [6, 6.07) is 3.42. The molecule has 2 aliphatic rings. The molecule has 2 fully saturated rings. The molecule has 0 spiro atoms. The number of hydrogen-bond acceptors (Lipinski definition) is 3. The molecule has 0 atom stereocenters. The fourth-order valence-corrected chi connectivity index (χ4v) is 4.22. The lowest BCUT2D eigenvalue weighted by Crippen LogP contribution is -2.35. The van der Waals surface area contributed by atoms with E-state index in [-0.39, 0.29) is 5.91 Å². The zero-order valence-electron chi connectivity index (χ0n) is 16.1. The van der Waals surface area contributed by atoms with Crippen molar-refractivity contribution in [3.8, 4) is 0 Å². The smallest absolute Gasteiger partial charge is 0.225 e. The first kappa shape index (κ1) is 20.2. The van der Waals surface area contributed by atoms with Gasteiger partial charge in [-0.2, -0.15) is 0 Å². The molecule has 0 bridgehead atoms. The van der Waals surface area contributed by atoms with E-state index < -0.39 is 11.6 Å². The van der Waals surface area contributed by atoms with Gasteiger partial charge in [0.15, 0.2) is 11.6 Å². The molecule has 0 aromatic heterocycles. The monoisotopic (exact) mass is 379 g/mol. The number of benzene rings is 1. The minimum absolute atomic E-state index is 0.163. The van der Waals surface area contributed by atoms with Crippen molar-refractivity contribution in [2.45, 2.75) is 44.9 Å². The number of carbonyl (C=O) groups excluding carboxylic acids is 1. The second kappa shape index (κ2) is 10.1. The largest absolute Gasteiger partial charge is 0.326 e. The van der Waals surface area contributed by atoms with Crippen LogP contribution in [0, 0.1) is 17.6 Å². The molecule has 27 heavy (non-hydrogen) atoms. The summed E-state index contributed by atoms with van der Waals surface area (Å²) in [5, 5.41) is 2.65. The van der Waals surface area contributed by atoms with E-state index in [4.69, 9.17) is 0 Å². The van der Waals surface area contributed by atoms with Crippen molar-refractivity contribution in [3.05, 3.63) is 29.8 Å². The number of rotatable bonds is 6. The van der Waals surface area contributed by atoms with E-state index in [1.165, 1.54) is 44.7 Å². The molecule has 1 aromatic rings. The van der Waals surface area contributed by atoms with Crippen LogP contribution in [0.2, 0.25) is 0 Å². The van der Waals surface area contributed by atoms with Crippen LogP contribution in [-0.4, -0.2) is 55.0 Å². The van der Waals surface area contributed by atoms with Gasteiger partial charge in [-0.05, 0) is 50.4 Å². The maximum Gasteiger partial charge on any atom is 0.225 e. The summed E-state index contributed by atoms with van der Waals surface area (Å²) in [7, 11) is 0. The van der Waals surface area contributed by atoms with Gasteiger partial charge in [0.2, 0.25) is 5.91 Å². The lowest BCUT2D eigenvalue weighted by atomic mass is 9.89. The molecule has 0 radical (unpaired) electrons. The molecule has 4 nitrogen and oxygen atoms in total. The number of halogens is 2. The molecule has 1 amide bonds. The number of amides is 1. The molecule has 6 heteroatoms. The van der Waals surface area contributed by atoms with Gasteiger partial charge in [-0.1, -0.05) is 19.3 Å². The van der Waals surface area contributed by atoms with E-state index in [0.29, 0.717) is 18.7 Å². The highest BCUT2D eigenvalue weighted by Gasteiger charge is 2.20. The maximum absolute atomic E-state index is 13.2. The molecule has 1 saturated carbocycles. The molecule has 0 unspecified atom stereocenters. The molecule has 1 saturated heterocycles. The van der Waals surface area contributed by atoms with Crippen molar-refractivity contribution >= 4 is 11.6 Å². The summed E-state index contributed by atoms with van der Waals surface area (Å²) in [6.45, 7) is 6.15. The Morgan fingerprint density at radius 1 is 0.963 bits per heavy atom. The predicted molar refractivity (Wildman–Crippen MR) is 104 cm³/mol. The van der Waals surface area contributed by atoms with Crippen molar-refractivity contribution in [2.24, 2.45) is 5.92 Å². The van der Waals surface area contributed by atoms with Crippen molar-refractivity contribution in [1.82, 2.24) is 9.80 Å². The van der Waals surface area contributed by atoms with Gasteiger partial charge in [-0.3, -0.25) is 4.79 Å². The Kier molecular flexibility index (Phi) is 7.59. The van der Waals surface area contributed by atoms with Gasteiger partial charge in [-0.25, -0.2) is 8.78 Å². The molecule has 1 aromatic carbocycles. The quantitative estimate of drug-likeness (QED) is 0.815. The van der Waals surface area contributed by atoms with E-state index >= 15 is 0 Å². The number of anilines is 1. The van der Waals surface area contributed by atoms with Crippen LogP contribution in [0.3, 0.4) is 0 Å². The highest BCUT2D eigenvalue weighted by atomic mass is 19.2. The lowest BCUT2D eigenvalue weighted by molar-refractivity contribution is -0.116. The van der Waals surface area contributed by atoms with E-state index in [1.807, 2.05) is 0 Å². The second-order valence-electron chi connectivity index (χ2n) is 7.93. The molecule has 1 N–H and O–H groups in total. The lowest BCUT2D eigenvalue weighted by Gasteiger charge is -2.28. The van der Waals surface area contributed by atoms with Gasteiger partial charge < -0.3 is 15.1 Å². The summed E-state index contributed by atoms with van der Waals surface area (Å²) < 4.78 is 26.2. The maximum atomic E-state index is 13.2. The Bertz CT molecular complexity index is 619. The average Bonchev–Trinajstić information content (AvgIpc) is 2.89. The third-order valence-electron chi connectivity index (χ3n) is 5.78. The number of nitrogens with one attached hydrogen (secondary N) is 1. The highest BCUT2D eigenvalue weighted by molar-refractivity contribution is 5.90. The van der Waals surface area contributed by atoms with Gasteiger partial charge in [-0.15, -0.1) is 0 Å². The summed E-state index contributed by atoms with van der Waals surface area (Å²) in [5.74, 6) is -1.15. The molecule has 1 aliphatic carbocycles. The Labute approximate surface area is 160 Å². The van der Waals surface area contributed by atoms with Crippen LogP contribution in [0.4, 0.5) is 14.5 Å². The third kappa shape index (κ3) is 6.54. The molecule has 150 valence electrons. The summed E-state index contributed by atoms with van der Waals surface area (Å²) in [4.78, 5) is 17.0. The van der Waals surface area contributed by atoms with E-state index in [0.717, 1.165) is 50.7 Å². The van der Waals surface area contributed by atoms with Crippen molar-refractivity contribution in [3.63, 3.8) is 0 Å². The Balaban J connectivity index is 1.38. The number of carbonyl (C=O) groups is 1. The Hall–Kier alpha value is -1.53. The fraction of sp³-hybridized carbons (Fsp3) is 0.667. The first-order valence-electron chi connectivity index (χ1n) is 10.3. The molecule has 1 aliphatic heterocycles. The minimum Gasteiger partial charge on any atom is -0.326 e. The topological polar surface area (TPSA) is 35.6 Å². The average molecular weight is 379 g/mol. The predicted octanol–water partition coefficient (Wildman–Crippen LogP) is 3.88.